The van der Waals surface area contributed by atoms with Gasteiger partial charge in [0.05, 0.1) is 15.9 Å². The van der Waals surface area contributed by atoms with Gasteiger partial charge in [0.25, 0.3) is 5.69 Å². The lowest BCUT2D eigenvalue weighted by Crippen LogP contribution is -2.35. The highest BCUT2D eigenvalue weighted by molar-refractivity contribution is 9.10. The molecule has 3 aromatic carbocycles. The topological polar surface area (TPSA) is 89.8 Å². The minimum Gasteiger partial charge on any atom is -0.456 e. The van der Waals surface area contributed by atoms with Crippen LogP contribution >= 0.6 is 15.9 Å². The molecular formula is C23H17BrN2O5S. The van der Waals surface area contributed by atoms with E-state index in [-0.39, 0.29) is 23.7 Å². The molecule has 5 rings (SSSR count). The molecule has 0 saturated heterocycles. The Hall–Kier alpha value is -3.01. The molecule has 3 aromatic rings. The first-order chi connectivity index (χ1) is 15.2. The minimum absolute atomic E-state index is 0.0148. The Balaban J connectivity index is 1.69. The molecule has 0 saturated carbocycles. The van der Waals surface area contributed by atoms with E-state index in [1.54, 1.807) is 30.3 Å². The minimum atomic E-state index is -3.81. The molecule has 0 unspecified atom stereocenters. The van der Waals surface area contributed by atoms with E-state index >= 15 is 0 Å². The maximum Gasteiger partial charge on any atom is 0.273 e. The molecular weight excluding hydrogens is 496 g/mol. The fraction of sp³-hybridized carbons (Fsp3) is 0.130. The second-order valence-electron chi connectivity index (χ2n) is 7.78. The van der Waals surface area contributed by atoms with Crippen molar-refractivity contribution in [1.82, 2.24) is 4.31 Å². The number of nitro groups is 1. The van der Waals surface area contributed by atoms with Crippen LogP contribution in [0.1, 0.15) is 22.3 Å². The Labute approximate surface area is 193 Å². The van der Waals surface area contributed by atoms with Gasteiger partial charge in [0.1, 0.15) is 11.5 Å². The molecule has 7 nitrogen and oxygen atoms in total. The van der Waals surface area contributed by atoms with E-state index in [2.05, 4.69) is 15.9 Å². The summed E-state index contributed by atoms with van der Waals surface area (Å²) in [4.78, 5) is 11.2. The average molecular weight is 513 g/mol. The third kappa shape index (κ3) is 3.52. The first kappa shape index (κ1) is 20.9. The summed E-state index contributed by atoms with van der Waals surface area (Å²) in [5.41, 5.74) is 3.54. The number of hydrogen-bond acceptors (Lipinski definition) is 5. The third-order valence-electron chi connectivity index (χ3n) is 5.57. The molecule has 0 bridgehead atoms. The van der Waals surface area contributed by atoms with Crippen LogP contribution in [0.5, 0.6) is 11.5 Å². The summed E-state index contributed by atoms with van der Waals surface area (Å²) in [6.45, 7) is 2.03. The summed E-state index contributed by atoms with van der Waals surface area (Å²) < 4.78 is 35.1. The summed E-state index contributed by atoms with van der Waals surface area (Å²) in [7, 11) is -3.81. The molecule has 32 heavy (non-hydrogen) atoms. The molecule has 2 aliphatic heterocycles. The number of rotatable bonds is 3. The van der Waals surface area contributed by atoms with Crippen molar-refractivity contribution in [2.45, 2.75) is 18.4 Å². The van der Waals surface area contributed by atoms with Crippen LogP contribution in [0.3, 0.4) is 0 Å². The molecule has 0 N–H and O–H groups in total. The van der Waals surface area contributed by atoms with Gasteiger partial charge < -0.3 is 4.74 Å². The van der Waals surface area contributed by atoms with Crippen LogP contribution in [0.15, 0.2) is 64.0 Å². The van der Waals surface area contributed by atoms with E-state index < -0.39 is 14.9 Å². The molecule has 162 valence electrons. The number of hydrogen-bond donors (Lipinski definition) is 0. The SMILES string of the molecule is Cc1ccc(S(=O)(=O)N2CC3=Cc4cc(Br)ccc4Oc4cc([N+](=O)[O-])cc(c43)C2)cc1. The molecule has 0 aromatic heterocycles. The quantitative estimate of drug-likeness (QED) is 0.340. The molecule has 9 heteroatoms. The zero-order chi connectivity index (χ0) is 22.6. The second-order valence-corrected chi connectivity index (χ2v) is 10.6. The van der Waals surface area contributed by atoms with Crippen molar-refractivity contribution in [2.24, 2.45) is 0 Å². The number of nitrogens with zero attached hydrogens (tertiary/aromatic N) is 2. The molecule has 0 spiro atoms. The zero-order valence-corrected chi connectivity index (χ0v) is 19.3. The van der Waals surface area contributed by atoms with Gasteiger partial charge in [-0.25, -0.2) is 8.42 Å². The van der Waals surface area contributed by atoms with Crippen LogP contribution in [0.4, 0.5) is 5.69 Å². The highest BCUT2D eigenvalue weighted by Crippen LogP contribution is 2.45. The van der Waals surface area contributed by atoms with E-state index in [9.17, 15) is 18.5 Å². The number of sulfonamides is 1. The van der Waals surface area contributed by atoms with E-state index in [1.165, 1.54) is 16.4 Å². The molecule has 0 amide bonds. The van der Waals surface area contributed by atoms with E-state index in [0.29, 0.717) is 22.6 Å². The van der Waals surface area contributed by atoms with E-state index in [0.717, 1.165) is 21.2 Å². The number of non-ortho nitro benzene ring substituents is 1. The molecule has 2 heterocycles. The smallest absolute Gasteiger partial charge is 0.273 e. The van der Waals surface area contributed by atoms with Crippen LogP contribution < -0.4 is 4.74 Å². The van der Waals surface area contributed by atoms with Crippen LogP contribution in [0.25, 0.3) is 11.6 Å². The Kier molecular flexibility index (Phi) is 4.92. The summed E-state index contributed by atoms with van der Waals surface area (Å²) in [6.07, 6.45) is 1.89. The fourth-order valence-electron chi connectivity index (χ4n) is 4.03. The van der Waals surface area contributed by atoms with Gasteiger partial charge in [-0.3, -0.25) is 10.1 Å². The third-order valence-corrected chi connectivity index (χ3v) is 7.87. The van der Waals surface area contributed by atoms with Gasteiger partial charge in [-0.05, 0) is 54.5 Å². The van der Waals surface area contributed by atoms with Gasteiger partial charge in [0, 0.05) is 34.8 Å². The van der Waals surface area contributed by atoms with Crippen molar-refractivity contribution in [3.63, 3.8) is 0 Å². The molecule has 0 fully saturated rings. The van der Waals surface area contributed by atoms with Crippen molar-refractivity contribution in [2.75, 3.05) is 6.54 Å². The number of benzene rings is 3. The van der Waals surface area contributed by atoms with E-state index in [4.69, 9.17) is 4.74 Å². The number of halogens is 1. The molecule has 0 aliphatic carbocycles. The number of fused-ring (bicyclic) bond motifs is 1. The molecule has 0 radical (unpaired) electrons. The maximum absolute atomic E-state index is 13.4. The first-order valence-corrected chi connectivity index (χ1v) is 12.0. The Morgan fingerprint density at radius 1 is 1.03 bits per heavy atom. The van der Waals surface area contributed by atoms with Crippen molar-refractivity contribution >= 4 is 43.3 Å². The number of aryl methyl sites for hydroxylation is 1. The maximum atomic E-state index is 13.4. The zero-order valence-electron chi connectivity index (χ0n) is 16.9. The van der Waals surface area contributed by atoms with Crippen LogP contribution in [0.2, 0.25) is 0 Å². The number of nitro benzene ring substituents is 1. The molecule has 2 aliphatic rings. The predicted molar refractivity (Wildman–Crippen MR) is 124 cm³/mol. The monoisotopic (exact) mass is 512 g/mol. The lowest BCUT2D eigenvalue weighted by atomic mass is 9.93. The van der Waals surface area contributed by atoms with Crippen LogP contribution in [-0.4, -0.2) is 24.2 Å². The highest BCUT2D eigenvalue weighted by atomic mass is 79.9. The van der Waals surface area contributed by atoms with Crippen LogP contribution in [-0.2, 0) is 16.6 Å². The lowest BCUT2D eigenvalue weighted by Gasteiger charge is -2.30. The summed E-state index contributed by atoms with van der Waals surface area (Å²) >= 11 is 3.45. The van der Waals surface area contributed by atoms with Crippen LogP contribution in [0, 0.1) is 17.0 Å². The van der Waals surface area contributed by atoms with Crippen molar-refractivity contribution in [1.29, 1.82) is 0 Å². The number of ether oxygens (including phenoxy) is 1. The standard InChI is InChI=1S/C23H17BrN2O5S/c1-14-2-5-20(6-3-14)32(29,30)25-12-16-8-15-9-18(24)4-7-21(15)31-22-11-19(26(27)28)10-17(13-25)23(16)22/h2-11H,12-13H2,1H3. The molecule has 0 atom stereocenters. The average Bonchev–Trinajstić information content (AvgIpc) is 2.90. The predicted octanol–water partition coefficient (Wildman–Crippen LogP) is 5.52. The van der Waals surface area contributed by atoms with Crippen molar-refractivity contribution in [3.05, 3.63) is 91.4 Å². The Bertz CT molecular complexity index is 1420. The Morgan fingerprint density at radius 2 is 1.78 bits per heavy atom. The summed E-state index contributed by atoms with van der Waals surface area (Å²) in [5.74, 6) is 0.902. The van der Waals surface area contributed by atoms with Gasteiger partial charge >= 0.3 is 0 Å². The van der Waals surface area contributed by atoms with Gasteiger partial charge in [0.2, 0.25) is 10.0 Å². The van der Waals surface area contributed by atoms with E-state index in [1.807, 2.05) is 25.1 Å². The summed E-state index contributed by atoms with van der Waals surface area (Å²) in [6, 6.07) is 15.0. The normalized spacial score (nSPS) is 15.1. The van der Waals surface area contributed by atoms with Gasteiger partial charge in [-0.2, -0.15) is 4.31 Å². The fourth-order valence-corrected chi connectivity index (χ4v) is 5.80. The first-order valence-electron chi connectivity index (χ1n) is 9.79. The highest BCUT2D eigenvalue weighted by Gasteiger charge is 2.35. The van der Waals surface area contributed by atoms with Gasteiger partial charge in [-0.15, -0.1) is 0 Å². The Morgan fingerprint density at radius 3 is 2.50 bits per heavy atom. The van der Waals surface area contributed by atoms with Gasteiger partial charge in [-0.1, -0.05) is 33.6 Å². The largest absolute Gasteiger partial charge is 0.456 e. The second kappa shape index (κ2) is 7.54. The van der Waals surface area contributed by atoms with Crippen molar-refractivity contribution < 1.29 is 18.1 Å². The van der Waals surface area contributed by atoms with Crippen molar-refractivity contribution in [3.8, 4) is 11.5 Å². The lowest BCUT2D eigenvalue weighted by molar-refractivity contribution is -0.385. The summed E-state index contributed by atoms with van der Waals surface area (Å²) in [5, 5.41) is 11.6. The van der Waals surface area contributed by atoms with Gasteiger partial charge in [0.15, 0.2) is 0 Å².